The van der Waals surface area contributed by atoms with E-state index in [-0.39, 0.29) is 0 Å². The van der Waals surface area contributed by atoms with Crippen molar-refractivity contribution < 1.29 is 9.47 Å². The van der Waals surface area contributed by atoms with Gasteiger partial charge in [0.1, 0.15) is 0 Å². The molecule has 4 rings (SSSR count). The van der Waals surface area contributed by atoms with E-state index in [1.807, 2.05) is 48.5 Å². The topological polar surface area (TPSA) is 85.0 Å². The van der Waals surface area contributed by atoms with E-state index in [0.717, 1.165) is 22.2 Å². The SMILES string of the molecule is COc1ccc(-c2ccccc2Nc2n[nH]c3nnccc23)cc1OC. The summed E-state index contributed by atoms with van der Waals surface area (Å²) in [5.41, 5.74) is 3.58. The molecule has 2 N–H and O–H groups in total. The molecule has 0 aliphatic heterocycles. The number of H-pyrrole nitrogens is 1. The minimum atomic E-state index is 0.638. The second-order valence-electron chi connectivity index (χ2n) is 5.61. The van der Waals surface area contributed by atoms with Crippen molar-refractivity contribution in [3.8, 4) is 22.6 Å². The van der Waals surface area contributed by atoms with Crippen LogP contribution in [-0.2, 0) is 0 Å². The molecule has 7 nitrogen and oxygen atoms in total. The van der Waals surface area contributed by atoms with Gasteiger partial charge in [-0.1, -0.05) is 24.3 Å². The minimum Gasteiger partial charge on any atom is -0.493 e. The summed E-state index contributed by atoms with van der Waals surface area (Å²) in [7, 11) is 3.25. The Labute approximate surface area is 150 Å². The third-order valence-corrected chi connectivity index (χ3v) is 4.12. The van der Waals surface area contributed by atoms with Crippen LogP contribution in [-0.4, -0.2) is 34.6 Å². The Balaban J connectivity index is 1.76. The van der Waals surface area contributed by atoms with Gasteiger partial charge in [-0.15, -0.1) is 5.10 Å². The van der Waals surface area contributed by atoms with Crippen LogP contribution >= 0.6 is 0 Å². The second-order valence-corrected chi connectivity index (χ2v) is 5.61. The summed E-state index contributed by atoms with van der Waals surface area (Å²) < 4.78 is 10.7. The van der Waals surface area contributed by atoms with Crippen molar-refractivity contribution in [1.82, 2.24) is 20.4 Å². The van der Waals surface area contributed by atoms with Gasteiger partial charge in [-0.3, -0.25) is 5.10 Å². The first-order valence-electron chi connectivity index (χ1n) is 8.04. The largest absolute Gasteiger partial charge is 0.493 e. The van der Waals surface area contributed by atoms with Gasteiger partial charge in [0.05, 0.1) is 25.8 Å². The van der Waals surface area contributed by atoms with Gasteiger partial charge in [-0.05, 0) is 29.8 Å². The Morgan fingerprint density at radius 1 is 0.962 bits per heavy atom. The van der Waals surface area contributed by atoms with E-state index in [4.69, 9.17) is 9.47 Å². The maximum atomic E-state index is 5.42. The highest BCUT2D eigenvalue weighted by atomic mass is 16.5. The van der Waals surface area contributed by atoms with Crippen LogP contribution < -0.4 is 14.8 Å². The molecule has 4 aromatic rings. The molecule has 0 saturated heterocycles. The number of aromatic nitrogens is 4. The number of methoxy groups -OCH3 is 2. The van der Waals surface area contributed by atoms with Crippen molar-refractivity contribution in [2.45, 2.75) is 0 Å². The lowest BCUT2D eigenvalue weighted by Gasteiger charge is -2.13. The van der Waals surface area contributed by atoms with Crippen molar-refractivity contribution in [2.75, 3.05) is 19.5 Å². The number of benzene rings is 2. The number of para-hydroxylation sites is 1. The molecule has 0 aliphatic rings. The molecule has 0 aliphatic carbocycles. The maximum Gasteiger partial charge on any atom is 0.180 e. The third-order valence-electron chi connectivity index (χ3n) is 4.12. The summed E-state index contributed by atoms with van der Waals surface area (Å²) in [5.74, 6) is 2.07. The van der Waals surface area contributed by atoms with Crippen LogP contribution in [0.2, 0.25) is 0 Å². The highest BCUT2D eigenvalue weighted by molar-refractivity contribution is 5.91. The average Bonchev–Trinajstić information content (AvgIpc) is 3.11. The molecule has 7 heteroatoms. The fraction of sp³-hybridized carbons (Fsp3) is 0.105. The quantitative estimate of drug-likeness (QED) is 0.571. The van der Waals surface area contributed by atoms with Crippen LogP contribution in [0.5, 0.6) is 11.5 Å². The highest BCUT2D eigenvalue weighted by Gasteiger charge is 2.12. The number of hydrogen-bond donors (Lipinski definition) is 2. The van der Waals surface area contributed by atoms with E-state index in [2.05, 4.69) is 25.7 Å². The van der Waals surface area contributed by atoms with Gasteiger partial charge < -0.3 is 14.8 Å². The smallest absolute Gasteiger partial charge is 0.180 e. The van der Waals surface area contributed by atoms with Crippen LogP contribution in [0.15, 0.2) is 54.7 Å². The van der Waals surface area contributed by atoms with Gasteiger partial charge in [-0.25, -0.2) is 0 Å². The predicted molar refractivity (Wildman–Crippen MR) is 99.9 cm³/mol. The molecule has 0 spiro atoms. The summed E-state index contributed by atoms with van der Waals surface area (Å²) in [5, 5.41) is 19.3. The van der Waals surface area contributed by atoms with Crippen LogP contribution in [0, 0.1) is 0 Å². The fourth-order valence-corrected chi connectivity index (χ4v) is 2.84. The Morgan fingerprint density at radius 2 is 1.81 bits per heavy atom. The zero-order valence-corrected chi connectivity index (χ0v) is 14.4. The first kappa shape index (κ1) is 15.9. The molecule has 26 heavy (non-hydrogen) atoms. The van der Waals surface area contributed by atoms with Crippen LogP contribution in [0.3, 0.4) is 0 Å². The number of anilines is 2. The van der Waals surface area contributed by atoms with Gasteiger partial charge in [-0.2, -0.15) is 10.2 Å². The van der Waals surface area contributed by atoms with E-state index in [9.17, 15) is 0 Å². The molecule has 0 fully saturated rings. The van der Waals surface area contributed by atoms with Crippen molar-refractivity contribution in [3.63, 3.8) is 0 Å². The van der Waals surface area contributed by atoms with Crippen molar-refractivity contribution in [2.24, 2.45) is 0 Å². The molecule has 2 aromatic heterocycles. The number of aromatic amines is 1. The van der Waals surface area contributed by atoms with Crippen LogP contribution in [0.25, 0.3) is 22.2 Å². The lowest BCUT2D eigenvalue weighted by Crippen LogP contribution is -1.95. The summed E-state index contributed by atoms with van der Waals surface area (Å²) in [6.07, 6.45) is 1.64. The van der Waals surface area contributed by atoms with E-state index in [1.54, 1.807) is 20.4 Å². The Kier molecular flexibility index (Phi) is 4.10. The van der Waals surface area contributed by atoms with Crippen molar-refractivity contribution in [3.05, 3.63) is 54.7 Å². The maximum absolute atomic E-state index is 5.42. The average molecular weight is 347 g/mol. The number of fused-ring (bicyclic) bond motifs is 1. The molecule has 0 saturated carbocycles. The summed E-state index contributed by atoms with van der Waals surface area (Å²) in [6, 6.07) is 15.7. The van der Waals surface area contributed by atoms with E-state index in [1.165, 1.54) is 0 Å². The molecule has 130 valence electrons. The Morgan fingerprint density at radius 3 is 2.65 bits per heavy atom. The Hall–Kier alpha value is -3.61. The van der Waals surface area contributed by atoms with Crippen LogP contribution in [0.4, 0.5) is 11.5 Å². The zero-order valence-electron chi connectivity index (χ0n) is 14.4. The van der Waals surface area contributed by atoms with Crippen LogP contribution in [0.1, 0.15) is 0 Å². The minimum absolute atomic E-state index is 0.638. The van der Waals surface area contributed by atoms with E-state index in [0.29, 0.717) is 23.0 Å². The van der Waals surface area contributed by atoms with Gasteiger partial charge in [0.25, 0.3) is 0 Å². The summed E-state index contributed by atoms with van der Waals surface area (Å²) in [4.78, 5) is 0. The molecule has 2 aromatic carbocycles. The highest BCUT2D eigenvalue weighted by Crippen LogP contribution is 2.36. The molecule has 0 unspecified atom stereocenters. The van der Waals surface area contributed by atoms with E-state index < -0.39 is 0 Å². The van der Waals surface area contributed by atoms with Gasteiger partial charge in [0.15, 0.2) is 23.0 Å². The second kappa shape index (κ2) is 6.72. The molecule has 0 amide bonds. The predicted octanol–water partition coefficient (Wildman–Crippen LogP) is 3.78. The fourth-order valence-electron chi connectivity index (χ4n) is 2.84. The van der Waals surface area contributed by atoms with Gasteiger partial charge in [0.2, 0.25) is 0 Å². The normalized spacial score (nSPS) is 10.7. The zero-order chi connectivity index (χ0) is 17.9. The number of hydrogen-bond acceptors (Lipinski definition) is 6. The van der Waals surface area contributed by atoms with E-state index >= 15 is 0 Å². The molecule has 2 heterocycles. The number of nitrogens with zero attached hydrogens (tertiary/aromatic N) is 3. The first-order valence-corrected chi connectivity index (χ1v) is 8.04. The molecular weight excluding hydrogens is 330 g/mol. The summed E-state index contributed by atoms with van der Waals surface area (Å²) >= 11 is 0. The molecule has 0 bridgehead atoms. The lowest BCUT2D eigenvalue weighted by molar-refractivity contribution is 0.355. The molecular formula is C19H17N5O2. The lowest BCUT2D eigenvalue weighted by atomic mass is 10.0. The molecule has 0 atom stereocenters. The number of ether oxygens (including phenoxy) is 2. The van der Waals surface area contributed by atoms with Gasteiger partial charge in [0, 0.05) is 11.3 Å². The van der Waals surface area contributed by atoms with Crippen molar-refractivity contribution in [1.29, 1.82) is 0 Å². The summed E-state index contributed by atoms with van der Waals surface area (Å²) in [6.45, 7) is 0. The number of nitrogens with one attached hydrogen (secondary N) is 2. The van der Waals surface area contributed by atoms with Crippen molar-refractivity contribution >= 4 is 22.5 Å². The molecule has 0 radical (unpaired) electrons. The number of rotatable bonds is 5. The first-order chi connectivity index (χ1) is 12.8. The van der Waals surface area contributed by atoms with Gasteiger partial charge >= 0.3 is 0 Å². The third kappa shape index (κ3) is 2.79. The standard InChI is InChI=1S/C19H17N5O2/c1-25-16-8-7-12(11-17(16)26-2)13-5-3-4-6-15(13)21-18-14-9-10-20-22-19(14)24-23-18/h3-11H,1-2H3,(H2,21,22,23,24). The monoisotopic (exact) mass is 347 g/mol. The Bertz CT molecular complexity index is 1060.